The third-order valence-electron chi connectivity index (χ3n) is 4.15. The lowest BCUT2D eigenvalue weighted by Crippen LogP contribution is -2.45. The molecule has 11 heteroatoms. The summed E-state index contributed by atoms with van der Waals surface area (Å²) in [4.78, 5) is 7.35. The van der Waals surface area contributed by atoms with Crippen molar-refractivity contribution in [3.8, 4) is 5.75 Å². The first-order valence-electron chi connectivity index (χ1n) is 8.43. The van der Waals surface area contributed by atoms with Crippen molar-refractivity contribution < 1.29 is 26.7 Å². The number of ether oxygens (including phenoxy) is 1. The van der Waals surface area contributed by atoms with Crippen LogP contribution in [0.4, 0.5) is 22.0 Å². The van der Waals surface area contributed by atoms with E-state index in [9.17, 15) is 22.0 Å². The molecule has 0 aliphatic carbocycles. The number of guanidine groups is 1. The van der Waals surface area contributed by atoms with E-state index in [1.165, 1.54) is 17.0 Å². The number of nitrogens with zero attached hydrogens (tertiary/aromatic N) is 3. The fraction of sp³-hybridized carbons (Fsp3) is 0.588. The van der Waals surface area contributed by atoms with Gasteiger partial charge in [-0.05, 0) is 24.1 Å². The number of halogens is 6. The van der Waals surface area contributed by atoms with Crippen LogP contribution in [0, 0.1) is 0 Å². The lowest BCUT2D eigenvalue weighted by molar-refractivity contribution is -0.143. The third kappa shape index (κ3) is 8.33. The second-order valence-corrected chi connectivity index (χ2v) is 6.41. The van der Waals surface area contributed by atoms with Crippen LogP contribution < -0.4 is 10.1 Å². The van der Waals surface area contributed by atoms with E-state index in [4.69, 9.17) is 0 Å². The van der Waals surface area contributed by atoms with Gasteiger partial charge in [-0.1, -0.05) is 12.1 Å². The van der Waals surface area contributed by atoms with E-state index in [0.717, 1.165) is 5.56 Å². The monoisotopic (exact) mass is 522 g/mol. The highest BCUT2D eigenvalue weighted by molar-refractivity contribution is 14.0. The van der Waals surface area contributed by atoms with Gasteiger partial charge in [0.2, 0.25) is 0 Å². The van der Waals surface area contributed by atoms with Crippen molar-refractivity contribution in [2.45, 2.75) is 31.8 Å². The van der Waals surface area contributed by atoms with Crippen molar-refractivity contribution in [3.05, 3.63) is 29.8 Å². The van der Waals surface area contributed by atoms with Gasteiger partial charge in [-0.25, -0.2) is 0 Å². The molecule has 5 nitrogen and oxygen atoms in total. The zero-order valence-corrected chi connectivity index (χ0v) is 17.9. The maximum atomic E-state index is 12.5. The normalized spacial score (nSPS) is 18.1. The summed E-state index contributed by atoms with van der Waals surface area (Å²) >= 11 is 0. The molecule has 1 fully saturated rings. The highest BCUT2D eigenvalue weighted by Gasteiger charge is 2.34. The number of nitrogens with one attached hydrogen (secondary N) is 1. The molecular weight excluding hydrogens is 498 g/mol. The van der Waals surface area contributed by atoms with E-state index in [1.54, 1.807) is 26.2 Å². The van der Waals surface area contributed by atoms with Crippen molar-refractivity contribution in [1.82, 2.24) is 15.1 Å². The maximum Gasteiger partial charge on any atom is 0.401 e. The van der Waals surface area contributed by atoms with Gasteiger partial charge in [0.15, 0.2) is 5.96 Å². The highest BCUT2D eigenvalue weighted by Crippen LogP contribution is 2.20. The van der Waals surface area contributed by atoms with Gasteiger partial charge in [-0.3, -0.25) is 9.89 Å². The minimum atomic E-state index is -4.20. The second-order valence-electron chi connectivity index (χ2n) is 6.41. The molecular formula is C17H24F5IN4O. The molecule has 160 valence electrons. The fourth-order valence-corrected chi connectivity index (χ4v) is 3.00. The molecule has 1 saturated heterocycles. The van der Waals surface area contributed by atoms with Crippen molar-refractivity contribution in [3.63, 3.8) is 0 Å². The molecule has 1 N–H and O–H groups in total. The second kappa shape index (κ2) is 11.0. The Kier molecular flexibility index (Phi) is 9.67. The standard InChI is InChI=1S/C17H23F5N4O.HI/c1-23-16(24-13-7-8-26(10-13)11-17(20,21)22)25(2)9-12-3-5-14(6-4-12)27-15(18)19;/h3-6,13,15H,7-11H2,1-2H3,(H,23,24);1H. The number of hydrogen-bond donors (Lipinski definition) is 1. The first-order valence-corrected chi connectivity index (χ1v) is 8.43. The van der Waals surface area contributed by atoms with Crippen LogP contribution in [0.25, 0.3) is 0 Å². The summed E-state index contributed by atoms with van der Waals surface area (Å²) in [5.74, 6) is 0.636. The Bertz CT molecular complexity index is 627. The van der Waals surface area contributed by atoms with E-state index in [0.29, 0.717) is 32.0 Å². The molecule has 1 aliphatic rings. The molecule has 1 heterocycles. The largest absolute Gasteiger partial charge is 0.435 e. The van der Waals surface area contributed by atoms with Gasteiger partial charge in [0, 0.05) is 39.8 Å². The Balaban J connectivity index is 0.00000392. The Morgan fingerprint density at radius 1 is 1.32 bits per heavy atom. The van der Waals surface area contributed by atoms with Gasteiger partial charge < -0.3 is 15.0 Å². The predicted molar refractivity (Wildman–Crippen MR) is 107 cm³/mol. The summed E-state index contributed by atoms with van der Waals surface area (Å²) < 4.78 is 66.1. The molecule has 28 heavy (non-hydrogen) atoms. The molecule has 0 bridgehead atoms. The first kappa shape index (κ1) is 24.7. The van der Waals surface area contributed by atoms with Gasteiger partial charge in [-0.15, -0.1) is 24.0 Å². The van der Waals surface area contributed by atoms with Gasteiger partial charge in [0.05, 0.1) is 6.54 Å². The van der Waals surface area contributed by atoms with Gasteiger partial charge in [0.1, 0.15) is 5.75 Å². The number of hydrogen-bond acceptors (Lipinski definition) is 3. The van der Waals surface area contributed by atoms with Crippen LogP contribution in [-0.4, -0.2) is 68.3 Å². The van der Waals surface area contributed by atoms with E-state index >= 15 is 0 Å². The zero-order chi connectivity index (χ0) is 20.0. The molecule has 0 spiro atoms. The van der Waals surface area contributed by atoms with Crippen molar-refractivity contribution in [1.29, 1.82) is 0 Å². The molecule has 1 unspecified atom stereocenters. The van der Waals surface area contributed by atoms with Crippen molar-refractivity contribution >= 4 is 29.9 Å². The summed E-state index contributed by atoms with van der Waals surface area (Å²) in [6, 6.07) is 6.13. The minimum Gasteiger partial charge on any atom is -0.435 e. The van der Waals surface area contributed by atoms with Crippen LogP contribution >= 0.6 is 24.0 Å². The molecule has 1 aliphatic heterocycles. The molecule has 1 atom stereocenters. The van der Waals surface area contributed by atoms with E-state index in [-0.39, 0.29) is 35.8 Å². The summed E-state index contributed by atoms with van der Waals surface area (Å²) in [6.07, 6.45) is -3.60. The van der Waals surface area contributed by atoms with Crippen molar-refractivity contribution in [2.75, 3.05) is 33.7 Å². The Morgan fingerprint density at radius 3 is 2.50 bits per heavy atom. The number of likely N-dealkylation sites (tertiary alicyclic amines) is 1. The van der Waals surface area contributed by atoms with Gasteiger partial charge >= 0.3 is 12.8 Å². The van der Waals surface area contributed by atoms with Crippen LogP contribution in [0.1, 0.15) is 12.0 Å². The lowest BCUT2D eigenvalue weighted by Gasteiger charge is -2.25. The van der Waals surface area contributed by atoms with Crippen LogP contribution in [0.5, 0.6) is 5.75 Å². The molecule has 0 radical (unpaired) electrons. The van der Waals surface area contributed by atoms with Gasteiger partial charge in [-0.2, -0.15) is 22.0 Å². The summed E-state index contributed by atoms with van der Waals surface area (Å²) in [5.41, 5.74) is 0.854. The Hall–Kier alpha value is -1.37. The smallest absolute Gasteiger partial charge is 0.401 e. The SMILES string of the molecule is CN=C(NC1CCN(CC(F)(F)F)C1)N(C)Cc1ccc(OC(F)F)cc1.I. The molecule has 1 aromatic carbocycles. The zero-order valence-electron chi connectivity index (χ0n) is 15.5. The third-order valence-corrected chi connectivity index (χ3v) is 4.15. The first-order chi connectivity index (χ1) is 12.7. The van der Waals surface area contributed by atoms with E-state index in [2.05, 4.69) is 15.0 Å². The Morgan fingerprint density at radius 2 is 1.96 bits per heavy atom. The van der Waals surface area contributed by atoms with E-state index < -0.39 is 19.3 Å². The highest BCUT2D eigenvalue weighted by atomic mass is 127. The molecule has 0 aromatic heterocycles. The van der Waals surface area contributed by atoms with Crippen molar-refractivity contribution in [2.24, 2.45) is 4.99 Å². The van der Waals surface area contributed by atoms with Crippen LogP contribution in [-0.2, 0) is 6.54 Å². The Labute approximate surface area is 177 Å². The summed E-state index contributed by atoms with van der Waals surface area (Å²) in [7, 11) is 3.39. The molecule has 0 amide bonds. The summed E-state index contributed by atoms with van der Waals surface area (Å²) in [6.45, 7) is -2.65. The predicted octanol–water partition coefficient (Wildman–Crippen LogP) is 3.55. The molecule has 0 saturated carbocycles. The lowest BCUT2D eigenvalue weighted by atomic mass is 10.2. The average molecular weight is 522 g/mol. The van der Waals surface area contributed by atoms with Crippen LogP contribution in [0.3, 0.4) is 0 Å². The molecule has 1 aromatic rings. The number of aliphatic imine (C=N–C) groups is 1. The van der Waals surface area contributed by atoms with Crippen LogP contribution in [0.15, 0.2) is 29.3 Å². The topological polar surface area (TPSA) is 40.1 Å². The maximum absolute atomic E-state index is 12.5. The average Bonchev–Trinajstić information content (AvgIpc) is 2.99. The number of benzene rings is 1. The number of alkyl halides is 5. The molecule has 2 rings (SSSR count). The number of rotatable bonds is 6. The van der Waals surface area contributed by atoms with Gasteiger partial charge in [0.25, 0.3) is 0 Å². The van der Waals surface area contributed by atoms with E-state index in [1.807, 2.05) is 4.90 Å². The van der Waals surface area contributed by atoms with Crippen LogP contribution in [0.2, 0.25) is 0 Å². The minimum absolute atomic E-state index is 0. The quantitative estimate of drug-likeness (QED) is 0.269. The summed E-state index contributed by atoms with van der Waals surface area (Å²) in [5, 5.41) is 3.18. The fourth-order valence-electron chi connectivity index (χ4n) is 3.00.